The number of rotatable bonds is 5. The first-order valence-electron chi connectivity index (χ1n) is 6.48. The lowest BCUT2D eigenvalue weighted by molar-refractivity contribution is 0.0696. The van der Waals surface area contributed by atoms with Crippen molar-refractivity contribution in [1.29, 1.82) is 0 Å². The van der Waals surface area contributed by atoms with E-state index < -0.39 is 11.8 Å². The van der Waals surface area contributed by atoms with Crippen molar-refractivity contribution in [1.82, 2.24) is 5.32 Å². The molecule has 0 saturated carbocycles. The van der Waals surface area contributed by atoms with E-state index in [1.807, 2.05) is 6.92 Å². The molecule has 0 aliphatic carbocycles. The Kier molecular flexibility index (Phi) is 4.65. The number of carbonyl (C=O) groups is 1. The molecule has 1 atom stereocenters. The van der Waals surface area contributed by atoms with Crippen LogP contribution in [-0.4, -0.2) is 11.1 Å². The highest BCUT2D eigenvalue weighted by molar-refractivity contribution is 5.87. The van der Waals surface area contributed by atoms with Crippen molar-refractivity contribution in [3.63, 3.8) is 0 Å². The van der Waals surface area contributed by atoms with Gasteiger partial charge in [0.05, 0.1) is 5.56 Å². The van der Waals surface area contributed by atoms with Crippen LogP contribution in [0.5, 0.6) is 0 Å². The molecular formula is C16H15F2NO2. The lowest BCUT2D eigenvalue weighted by Gasteiger charge is -2.15. The van der Waals surface area contributed by atoms with E-state index in [9.17, 15) is 13.6 Å². The van der Waals surface area contributed by atoms with Gasteiger partial charge < -0.3 is 10.4 Å². The van der Waals surface area contributed by atoms with Gasteiger partial charge in [0.2, 0.25) is 0 Å². The minimum absolute atomic E-state index is 0.0441. The maximum absolute atomic E-state index is 13.7. The number of nitrogens with one attached hydrogen (secondary N) is 1. The van der Waals surface area contributed by atoms with E-state index in [-0.39, 0.29) is 29.5 Å². The number of hydrogen-bond donors (Lipinski definition) is 2. The molecule has 2 rings (SSSR count). The number of halogens is 2. The van der Waals surface area contributed by atoms with Crippen LogP contribution in [0.15, 0.2) is 42.5 Å². The zero-order valence-electron chi connectivity index (χ0n) is 11.4. The maximum atomic E-state index is 13.7. The number of aromatic carboxylic acids is 1. The predicted molar refractivity (Wildman–Crippen MR) is 75.0 cm³/mol. The Morgan fingerprint density at radius 1 is 1.19 bits per heavy atom. The smallest absolute Gasteiger partial charge is 0.335 e. The Balaban J connectivity index is 2.07. The van der Waals surface area contributed by atoms with Crippen molar-refractivity contribution in [3.8, 4) is 0 Å². The highest BCUT2D eigenvalue weighted by Crippen LogP contribution is 2.16. The Morgan fingerprint density at radius 3 is 2.48 bits per heavy atom. The van der Waals surface area contributed by atoms with Crippen LogP contribution in [0.4, 0.5) is 8.78 Å². The quantitative estimate of drug-likeness (QED) is 0.886. The Labute approximate surface area is 121 Å². The second kappa shape index (κ2) is 6.45. The van der Waals surface area contributed by atoms with Gasteiger partial charge in [-0.1, -0.05) is 12.1 Å². The topological polar surface area (TPSA) is 49.3 Å². The molecule has 0 aromatic heterocycles. The van der Waals surface area contributed by atoms with Gasteiger partial charge in [0.15, 0.2) is 0 Å². The fourth-order valence-corrected chi connectivity index (χ4v) is 1.98. The molecule has 0 heterocycles. The maximum Gasteiger partial charge on any atom is 0.335 e. The molecule has 0 aliphatic heterocycles. The van der Waals surface area contributed by atoms with E-state index in [4.69, 9.17) is 5.11 Å². The molecule has 0 bridgehead atoms. The zero-order valence-corrected chi connectivity index (χ0v) is 11.4. The minimum atomic E-state index is -1.09. The average molecular weight is 291 g/mol. The zero-order chi connectivity index (χ0) is 15.4. The van der Waals surface area contributed by atoms with Crippen molar-refractivity contribution >= 4 is 5.97 Å². The molecule has 0 fully saturated rings. The van der Waals surface area contributed by atoms with Gasteiger partial charge in [0, 0.05) is 18.2 Å². The fraction of sp³-hybridized carbons (Fsp3) is 0.188. The van der Waals surface area contributed by atoms with Gasteiger partial charge in [-0.3, -0.25) is 0 Å². The van der Waals surface area contributed by atoms with Crippen LogP contribution in [0.2, 0.25) is 0 Å². The average Bonchev–Trinajstić information content (AvgIpc) is 2.46. The van der Waals surface area contributed by atoms with Crippen molar-refractivity contribution in [2.24, 2.45) is 0 Å². The summed E-state index contributed by atoms with van der Waals surface area (Å²) >= 11 is 0. The summed E-state index contributed by atoms with van der Waals surface area (Å²) in [4.78, 5) is 10.9. The van der Waals surface area contributed by atoms with Crippen LogP contribution in [-0.2, 0) is 6.54 Å². The first-order chi connectivity index (χ1) is 9.97. The van der Waals surface area contributed by atoms with E-state index in [0.29, 0.717) is 0 Å². The number of benzene rings is 2. The van der Waals surface area contributed by atoms with Crippen LogP contribution in [0, 0.1) is 11.6 Å². The molecule has 2 aromatic carbocycles. The van der Waals surface area contributed by atoms with E-state index >= 15 is 0 Å². The van der Waals surface area contributed by atoms with Crippen LogP contribution in [0.1, 0.15) is 34.5 Å². The normalized spacial score (nSPS) is 12.1. The van der Waals surface area contributed by atoms with Crippen molar-refractivity contribution in [3.05, 3.63) is 70.8 Å². The predicted octanol–water partition coefficient (Wildman–Crippen LogP) is 3.51. The van der Waals surface area contributed by atoms with Gasteiger partial charge >= 0.3 is 5.97 Å². The lowest BCUT2D eigenvalue weighted by atomic mass is 10.1. The summed E-state index contributed by atoms with van der Waals surface area (Å²) in [6, 6.07) is 9.58. The van der Waals surface area contributed by atoms with Gasteiger partial charge in [-0.15, -0.1) is 0 Å². The van der Waals surface area contributed by atoms with Crippen LogP contribution < -0.4 is 5.32 Å². The summed E-state index contributed by atoms with van der Waals surface area (Å²) in [6.45, 7) is 2.05. The molecule has 5 heteroatoms. The Hall–Kier alpha value is -2.27. The number of hydrogen-bond acceptors (Lipinski definition) is 2. The van der Waals surface area contributed by atoms with Gasteiger partial charge in [-0.05, 0) is 42.8 Å². The fourth-order valence-electron chi connectivity index (χ4n) is 1.98. The molecule has 0 saturated heterocycles. The van der Waals surface area contributed by atoms with Gasteiger partial charge in [-0.25, -0.2) is 13.6 Å². The van der Waals surface area contributed by atoms with E-state index in [2.05, 4.69) is 5.32 Å². The molecule has 0 spiro atoms. The minimum Gasteiger partial charge on any atom is -0.478 e. The molecule has 2 aromatic rings. The number of carboxylic acids is 1. The van der Waals surface area contributed by atoms with Crippen molar-refractivity contribution in [2.75, 3.05) is 0 Å². The van der Waals surface area contributed by atoms with Gasteiger partial charge in [-0.2, -0.15) is 0 Å². The third-order valence-corrected chi connectivity index (χ3v) is 3.26. The van der Waals surface area contributed by atoms with Crippen LogP contribution in [0.3, 0.4) is 0 Å². The second-order valence-electron chi connectivity index (χ2n) is 4.77. The SMILES string of the molecule is C[C@@H](NCc1cc(C(=O)O)ccc1F)c1ccc(F)cc1. The number of carboxylic acid groups (broad SMARTS) is 1. The molecule has 2 N–H and O–H groups in total. The molecule has 3 nitrogen and oxygen atoms in total. The van der Waals surface area contributed by atoms with Crippen molar-refractivity contribution in [2.45, 2.75) is 19.5 Å². The summed E-state index contributed by atoms with van der Waals surface area (Å²) in [5.74, 6) is -1.87. The second-order valence-corrected chi connectivity index (χ2v) is 4.77. The largest absolute Gasteiger partial charge is 0.478 e. The summed E-state index contributed by atoms with van der Waals surface area (Å²) < 4.78 is 26.5. The molecular weight excluding hydrogens is 276 g/mol. The molecule has 0 aliphatic rings. The Bertz CT molecular complexity index is 641. The lowest BCUT2D eigenvalue weighted by Crippen LogP contribution is -2.19. The molecule has 110 valence electrons. The molecule has 0 unspecified atom stereocenters. The highest BCUT2D eigenvalue weighted by atomic mass is 19.1. The Morgan fingerprint density at radius 2 is 1.86 bits per heavy atom. The van der Waals surface area contributed by atoms with Gasteiger partial charge in [0.1, 0.15) is 11.6 Å². The molecule has 0 amide bonds. The van der Waals surface area contributed by atoms with Crippen molar-refractivity contribution < 1.29 is 18.7 Å². The van der Waals surface area contributed by atoms with Crippen LogP contribution >= 0.6 is 0 Å². The van der Waals surface area contributed by atoms with E-state index in [0.717, 1.165) is 11.6 Å². The van der Waals surface area contributed by atoms with Crippen LogP contribution in [0.25, 0.3) is 0 Å². The standard InChI is InChI=1S/C16H15F2NO2/c1-10(11-2-5-14(17)6-3-11)19-9-13-8-12(16(20)21)4-7-15(13)18/h2-8,10,19H,9H2,1H3,(H,20,21)/t10-/m1/s1. The molecule has 0 radical (unpaired) electrons. The highest BCUT2D eigenvalue weighted by Gasteiger charge is 2.10. The summed E-state index contributed by atoms with van der Waals surface area (Å²) in [5.41, 5.74) is 1.19. The summed E-state index contributed by atoms with van der Waals surface area (Å²) in [6.07, 6.45) is 0. The van der Waals surface area contributed by atoms with E-state index in [1.165, 1.54) is 24.3 Å². The third kappa shape index (κ3) is 3.86. The first kappa shape index (κ1) is 15.1. The monoisotopic (exact) mass is 291 g/mol. The first-order valence-corrected chi connectivity index (χ1v) is 6.48. The summed E-state index contributed by atoms with van der Waals surface area (Å²) in [7, 11) is 0. The van der Waals surface area contributed by atoms with Gasteiger partial charge in [0.25, 0.3) is 0 Å². The third-order valence-electron chi connectivity index (χ3n) is 3.26. The van der Waals surface area contributed by atoms with E-state index in [1.54, 1.807) is 12.1 Å². The summed E-state index contributed by atoms with van der Waals surface area (Å²) in [5, 5.41) is 12.0. The molecule has 21 heavy (non-hydrogen) atoms.